The van der Waals surface area contributed by atoms with Crippen LogP contribution >= 0.6 is 11.8 Å². The van der Waals surface area contributed by atoms with E-state index in [0.717, 1.165) is 61.8 Å². The summed E-state index contributed by atoms with van der Waals surface area (Å²) in [6, 6.07) is 15.8. The van der Waals surface area contributed by atoms with Gasteiger partial charge in [-0.2, -0.15) is 13.2 Å². The lowest BCUT2D eigenvalue weighted by molar-refractivity contribution is -0.137. The molecule has 1 unspecified atom stereocenters. The van der Waals surface area contributed by atoms with Gasteiger partial charge in [-0.15, -0.1) is 11.8 Å². The molecule has 6 rings (SSSR count). The molecule has 2 aliphatic rings. The van der Waals surface area contributed by atoms with Gasteiger partial charge in [0.05, 0.1) is 43.8 Å². The molecule has 0 saturated carbocycles. The molecule has 1 atom stereocenters. The number of hydrogen-bond donors (Lipinski definition) is 2. The smallest absolute Gasteiger partial charge is 0.416 e. The fourth-order valence-corrected chi connectivity index (χ4v) is 6.52. The number of thioether (sulfide) groups is 1. The Bertz CT molecular complexity index is 1770. The standard InChI is InChI=1S/C34H34F3N5O6S/c1-45-29-19-26-27(20-30(29)47-16-2-13-41-14-17-46-18-15-41)38-12-11-28(26)48-25-9-7-24(8-10-25)39-33(44)40-42-31(43)21-49-32(42)22-3-5-23(6-4-22)34(35,36)37/h3-12,19-20,32H,2,13-18,21H2,1H3,(H2,39,40,44). The highest BCUT2D eigenvalue weighted by Gasteiger charge is 2.36. The van der Waals surface area contributed by atoms with E-state index in [-0.39, 0.29) is 11.7 Å². The van der Waals surface area contributed by atoms with Crippen molar-refractivity contribution in [3.8, 4) is 23.0 Å². The highest BCUT2D eigenvalue weighted by molar-refractivity contribution is 8.00. The number of carbonyl (C=O) groups is 2. The van der Waals surface area contributed by atoms with Crippen molar-refractivity contribution in [3.63, 3.8) is 0 Å². The predicted molar refractivity (Wildman–Crippen MR) is 178 cm³/mol. The summed E-state index contributed by atoms with van der Waals surface area (Å²) in [7, 11) is 1.58. The van der Waals surface area contributed by atoms with Crippen LogP contribution in [0.25, 0.3) is 10.9 Å². The number of hydrogen-bond acceptors (Lipinski definition) is 9. The Morgan fingerprint density at radius 2 is 1.78 bits per heavy atom. The van der Waals surface area contributed by atoms with Crippen molar-refractivity contribution in [2.45, 2.75) is 18.0 Å². The molecule has 1 aromatic heterocycles. The number of halogens is 3. The average molecular weight is 698 g/mol. The number of carbonyl (C=O) groups excluding carboxylic acids is 2. The maximum absolute atomic E-state index is 13.0. The molecule has 2 aliphatic heterocycles. The number of benzene rings is 3. The van der Waals surface area contributed by atoms with Gasteiger partial charge in [0, 0.05) is 43.0 Å². The second kappa shape index (κ2) is 15.2. The number of alkyl halides is 3. The second-order valence-corrected chi connectivity index (χ2v) is 12.3. The molecule has 11 nitrogen and oxygen atoms in total. The van der Waals surface area contributed by atoms with Gasteiger partial charge in [0.25, 0.3) is 5.91 Å². The maximum atomic E-state index is 13.0. The number of morpholine rings is 1. The zero-order chi connectivity index (χ0) is 34.4. The van der Waals surface area contributed by atoms with Gasteiger partial charge in [0.15, 0.2) is 11.5 Å². The zero-order valence-electron chi connectivity index (χ0n) is 26.5. The van der Waals surface area contributed by atoms with Gasteiger partial charge in [-0.05, 0) is 60.5 Å². The minimum atomic E-state index is -4.47. The number of urea groups is 1. The van der Waals surface area contributed by atoms with Crippen LogP contribution in [0.5, 0.6) is 23.0 Å². The van der Waals surface area contributed by atoms with Gasteiger partial charge in [0.2, 0.25) is 0 Å². The fourth-order valence-electron chi connectivity index (χ4n) is 5.41. The molecule has 3 heterocycles. The van der Waals surface area contributed by atoms with Gasteiger partial charge in [0.1, 0.15) is 16.9 Å². The third kappa shape index (κ3) is 8.47. The molecule has 0 spiro atoms. The van der Waals surface area contributed by atoms with Crippen molar-refractivity contribution in [2.75, 3.05) is 57.6 Å². The summed E-state index contributed by atoms with van der Waals surface area (Å²) in [6.07, 6.45) is -1.97. The van der Waals surface area contributed by atoms with Crippen LogP contribution < -0.4 is 25.0 Å². The summed E-state index contributed by atoms with van der Waals surface area (Å²) in [6.45, 7) is 4.83. The summed E-state index contributed by atoms with van der Waals surface area (Å²) >= 11 is 1.20. The first-order chi connectivity index (χ1) is 23.7. The number of methoxy groups -OCH3 is 1. The number of amides is 3. The molecule has 2 fully saturated rings. The Kier molecular flexibility index (Phi) is 10.6. The van der Waals surface area contributed by atoms with Crippen molar-refractivity contribution in [2.24, 2.45) is 0 Å². The van der Waals surface area contributed by atoms with Crippen LogP contribution in [0.15, 0.2) is 72.9 Å². The van der Waals surface area contributed by atoms with E-state index >= 15 is 0 Å². The summed E-state index contributed by atoms with van der Waals surface area (Å²) in [4.78, 5) is 32.1. The topological polar surface area (TPSA) is 114 Å². The first-order valence-electron chi connectivity index (χ1n) is 15.5. The molecule has 3 amide bonds. The van der Waals surface area contributed by atoms with Gasteiger partial charge >= 0.3 is 12.2 Å². The lowest BCUT2D eigenvalue weighted by Crippen LogP contribution is -2.46. The lowest BCUT2D eigenvalue weighted by Gasteiger charge is -2.26. The number of ether oxygens (including phenoxy) is 4. The minimum Gasteiger partial charge on any atom is -0.493 e. The van der Waals surface area contributed by atoms with Gasteiger partial charge < -0.3 is 24.3 Å². The van der Waals surface area contributed by atoms with Crippen LogP contribution in [0.1, 0.15) is 22.9 Å². The number of pyridine rings is 1. The Morgan fingerprint density at radius 1 is 1.02 bits per heavy atom. The zero-order valence-corrected chi connectivity index (χ0v) is 27.3. The van der Waals surface area contributed by atoms with Crippen molar-refractivity contribution < 1.29 is 41.7 Å². The molecule has 4 aromatic rings. The van der Waals surface area contributed by atoms with Crippen molar-refractivity contribution in [1.82, 2.24) is 20.3 Å². The van der Waals surface area contributed by atoms with E-state index in [4.69, 9.17) is 18.9 Å². The molecular weight excluding hydrogens is 663 g/mol. The Hall–Kier alpha value is -4.73. The molecular formula is C34H34F3N5O6S. The van der Waals surface area contributed by atoms with Crippen molar-refractivity contribution >= 4 is 40.3 Å². The number of fused-ring (bicyclic) bond motifs is 1. The monoisotopic (exact) mass is 697 g/mol. The molecule has 15 heteroatoms. The van der Waals surface area contributed by atoms with Gasteiger partial charge in [-0.25, -0.2) is 15.2 Å². The predicted octanol–water partition coefficient (Wildman–Crippen LogP) is 6.47. The maximum Gasteiger partial charge on any atom is 0.416 e. The Labute approximate surface area is 284 Å². The highest BCUT2D eigenvalue weighted by atomic mass is 32.2. The summed E-state index contributed by atoms with van der Waals surface area (Å²) in [5.74, 6) is 1.87. The quantitative estimate of drug-likeness (QED) is 0.170. The molecule has 0 aliphatic carbocycles. The van der Waals surface area contributed by atoms with E-state index in [1.165, 1.54) is 23.9 Å². The number of nitrogens with one attached hydrogen (secondary N) is 2. The van der Waals surface area contributed by atoms with E-state index in [1.807, 2.05) is 12.1 Å². The summed E-state index contributed by atoms with van der Waals surface area (Å²) in [5.41, 5.74) is 3.26. The van der Waals surface area contributed by atoms with Crippen LogP contribution in [0.4, 0.5) is 23.7 Å². The number of hydrazine groups is 1. The molecule has 2 N–H and O–H groups in total. The van der Waals surface area contributed by atoms with E-state index in [2.05, 4.69) is 20.6 Å². The van der Waals surface area contributed by atoms with Crippen molar-refractivity contribution in [3.05, 3.63) is 84.1 Å². The highest BCUT2D eigenvalue weighted by Crippen LogP contribution is 2.39. The number of anilines is 1. The lowest BCUT2D eigenvalue weighted by atomic mass is 10.1. The largest absolute Gasteiger partial charge is 0.493 e. The van der Waals surface area contributed by atoms with Crippen molar-refractivity contribution in [1.29, 1.82) is 0 Å². The number of nitrogens with zero attached hydrogens (tertiary/aromatic N) is 3. The molecule has 0 radical (unpaired) electrons. The van der Waals surface area contributed by atoms with Gasteiger partial charge in [-0.1, -0.05) is 12.1 Å². The second-order valence-electron chi connectivity index (χ2n) is 11.2. The van der Waals surface area contributed by atoms with Crippen LogP contribution in [-0.4, -0.2) is 79.1 Å². The third-order valence-electron chi connectivity index (χ3n) is 7.92. The van der Waals surface area contributed by atoms with E-state index < -0.39 is 23.1 Å². The molecule has 2 saturated heterocycles. The summed E-state index contributed by atoms with van der Waals surface area (Å²) < 4.78 is 62.2. The van der Waals surface area contributed by atoms with E-state index in [0.29, 0.717) is 46.4 Å². The third-order valence-corrected chi connectivity index (χ3v) is 9.13. The first kappa shape index (κ1) is 34.1. The summed E-state index contributed by atoms with van der Waals surface area (Å²) in [5, 5.41) is 3.83. The fraction of sp³-hybridized carbons (Fsp3) is 0.324. The molecule has 3 aromatic carbocycles. The molecule has 49 heavy (non-hydrogen) atoms. The number of aromatic nitrogens is 1. The molecule has 258 valence electrons. The average Bonchev–Trinajstić information content (AvgIpc) is 3.46. The van der Waals surface area contributed by atoms with Crippen LogP contribution in [0.3, 0.4) is 0 Å². The molecule has 0 bridgehead atoms. The van der Waals surface area contributed by atoms with E-state index in [1.54, 1.807) is 43.6 Å². The number of rotatable bonds is 11. The minimum absolute atomic E-state index is 0.0667. The first-order valence-corrected chi connectivity index (χ1v) is 16.6. The Morgan fingerprint density at radius 3 is 2.49 bits per heavy atom. The van der Waals surface area contributed by atoms with Crippen LogP contribution in [0, 0.1) is 0 Å². The van der Waals surface area contributed by atoms with Gasteiger partial charge in [-0.3, -0.25) is 14.7 Å². The normalized spacial score (nSPS) is 16.9. The van der Waals surface area contributed by atoms with E-state index in [9.17, 15) is 22.8 Å². The SMILES string of the molecule is COc1cc2c(Oc3ccc(NC(=O)NN4C(=O)CSC4c4ccc(C(F)(F)F)cc4)cc3)ccnc2cc1OCCCN1CCOCC1. The van der Waals surface area contributed by atoms with Crippen LogP contribution in [0.2, 0.25) is 0 Å². The van der Waals surface area contributed by atoms with Crippen LogP contribution in [-0.2, 0) is 15.7 Å². The Balaban J connectivity index is 1.06.